The van der Waals surface area contributed by atoms with Crippen LogP contribution < -0.4 is 0 Å². The lowest BCUT2D eigenvalue weighted by Crippen LogP contribution is -1.81. The van der Waals surface area contributed by atoms with Gasteiger partial charge in [-0.05, 0) is 17.9 Å². The van der Waals surface area contributed by atoms with Crippen LogP contribution >= 0.6 is 11.8 Å². The first-order chi connectivity index (χ1) is 5.36. The van der Waals surface area contributed by atoms with E-state index in [0.29, 0.717) is 5.56 Å². The van der Waals surface area contributed by atoms with Crippen molar-refractivity contribution in [3.63, 3.8) is 0 Å². The van der Waals surface area contributed by atoms with Gasteiger partial charge < -0.3 is 0 Å². The standard InChI is InChI=1S/C8H8N2S/c1-2-11-8-5-7(6-9)3-4-10-8/h3-5H,2H2,1H3. The second-order valence-corrected chi connectivity index (χ2v) is 3.21. The van der Waals surface area contributed by atoms with Crippen molar-refractivity contribution in [3.8, 4) is 6.07 Å². The van der Waals surface area contributed by atoms with E-state index in [1.807, 2.05) is 0 Å². The smallest absolute Gasteiger partial charge is 0.0993 e. The Bertz CT molecular complexity index is 278. The van der Waals surface area contributed by atoms with Gasteiger partial charge in [-0.25, -0.2) is 4.98 Å². The molecule has 0 aliphatic rings. The van der Waals surface area contributed by atoms with Gasteiger partial charge in [0, 0.05) is 6.20 Å². The van der Waals surface area contributed by atoms with Crippen LogP contribution in [0.2, 0.25) is 0 Å². The molecule has 0 N–H and O–H groups in total. The van der Waals surface area contributed by atoms with Gasteiger partial charge in [-0.15, -0.1) is 11.8 Å². The van der Waals surface area contributed by atoms with Crippen LogP contribution in [0.5, 0.6) is 0 Å². The zero-order valence-corrected chi connectivity index (χ0v) is 7.06. The summed E-state index contributed by atoms with van der Waals surface area (Å²) < 4.78 is 0. The molecule has 0 aliphatic carbocycles. The molecule has 1 aromatic heterocycles. The highest BCUT2D eigenvalue weighted by atomic mass is 32.2. The number of nitriles is 1. The van der Waals surface area contributed by atoms with Crippen molar-refractivity contribution in [1.82, 2.24) is 4.98 Å². The summed E-state index contributed by atoms with van der Waals surface area (Å²) in [5.41, 5.74) is 0.677. The molecule has 11 heavy (non-hydrogen) atoms. The van der Waals surface area contributed by atoms with Gasteiger partial charge in [0.25, 0.3) is 0 Å². The van der Waals surface area contributed by atoms with Crippen LogP contribution in [0, 0.1) is 11.3 Å². The molecular formula is C8H8N2S. The molecule has 0 saturated carbocycles. The summed E-state index contributed by atoms with van der Waals surface area (Å²) in [5, 5.41) is 9.47. The molecular weight excluding hydrogens is 156 g/mol. The van der Waals surface area contributed by atoms with Crippen molar-refractivity contribution >= 4 is 11.8 Å². The highest BCUT2D eigenvalue weighted by molar-refractivity contribution is 7.99. The van der Waals surface area contributed by atoms with Crippen LogP contribution in [0.25, 0.3) is 0 Å². The van der Waals surface area contributed by atoms with Crippen LogP contribution in [0.4, 0.5) is 0 Å². The molecule has 56 valence electrons. The Labute approximate surface area is 70.3 Å². The zero-order chi connectivity index (χ0) is 8.10. The summed E-state index contributed by atoms with van der Waals surface area (Å²) in [7, 11) is 0. The number of aromatic nitrogens is 1. The second kappa shape index (κ2) is 3.99. The largest absolute Gasteiger partial charge is 0.250 e. The lowest BCUT2D eigenvalue weighted by atomic mass is 10.3. The van der Waals surface area contributed by atoms with Gasteiger partial charge >= 0.3 is 0 Å². The normalized spacial score (nSPS) is 9.09. The van der Waals surface area contributed by atoms with Crippen LogP contribution in [0.1, 0.15) is 12.5 Å². The average Bonchev–Trinajstić information content (AvgIpc) is 2.06. The molecule has 0 atom stereocenters. The maximum Gasteiger partial charge on any atom is 0.0993 e. The predicted octanol–water partition coefficient (Wildman–Crippen LogP) is 2.07. The molecule has 0 aromatic carbocycles. The number of nitrogens with zero attached hydrogens (tertiary/aromatic N) is 2. The van der Waals surface area contributed by atoms with E-state index in [2.05, 4.69) is 18.0 Å². The van der Waals surface area contributed by atoms with E-state index in [-0.39, 0.29) is 0 Å². The summed E-state index contributed by atoms with van der Waals surface area (Å²) in [5.74, 6) is 0.988. The maximum atomic E-state index is 8.54. The maximum absolute atomic E-state index is 8.54. The molecule has 0 bridgehead atoms. The van der Waals surface area contributed by atoms with E-state index in [0.717, 1.165) is 10.8 Å². The molecule has 0 spiro atoms. The van der Waals surface area contributed by atoms with Crippen molar-refractivity contribution < 1.29 is 0 Å². The number of hydrogen-bond donors (Lipinski definition) is 0. The SMILES string of the molecule is CCSc1cc(C#N)ccn1. The van der Waals surface area contributed by atoms with E-state index < -0.39 is 0 Å². The highest BCUT2D eigenvalue weighted by Gasteiger charge is 1.94. The predicted molar refractivity (Wildman–Crippen MR) is 45.4 cm³/mol. The van der Waals surface area contributed by atoms with Crippen molar-refractivity contribution in [2.45, 2.75) is 11.9 Å². The third kappa shape index (κ3) is 2.24. The third-order valence-electron chi connectivity index (χ3n) is 1.16. The Morgan fingerprint density at radius 2 is 2.55 bits per heavy atom. The molecule has 2 nitrogen and oxygen atoms in total. The first-order valence-electron chi connectivity index (χ1n) is 3.35. The molecule has 0 saturated heterocycles. The van der Waals surface area contributed by atoms with Crippen molar-refractivity contribution in [2.75, 3.05) is 5.75 Å². The Morgan fingerprint density at radius 3 is 3.18 bits per heavy atom. The van der Waals surface area contributed by atoms with E-state index in [9.17, 15) is 0 Å². The van der Waals surface area contributed by atoms with Crippen molar-refractivity contribution in [3.05, 3.63) is 23.9 Å². The van der Waals surface area contributed by atoms with E-state index in [1.54, 1.807) is 30.1 Å². The number of rotatable bonds is 2. The Morgan fingerprint density at radius 1 is 1.73 bits per heavy atom. The monoisotopic (exact) mass is 164 g/mol. The number of hydrogen-bond acceptors (Lipinski definition) is 3. The fourth-order valence-corrected chi connectivity index (χ4v) is 1.35. The number of thioether (sulfide) groups is 1. The summed E-state index contributed by atoms with van der Waals surface area (Å²) in [4.78, 5) is 4.09. The molecule has 0 amide bonds. The minimum atomic E-state index is 0.677. The minimum absolute atomic E-state index is 0.677. The summed E-state index contributed by atoms with van der Waals surface area (Å²) in [6.45, 7) is 2.06. The minimum Gasteiger partial charge on any atom is -0.250 e. The summed E-state index contributed by atoms with van der Waals surface area (Å²) in [6, 6.07) is 5.58. The van der Waals surface area contributed by atoms with Gasteiger partial charge in [-0.2, -0.15) is 5.26 Å². The highest BCUT2D eigenvalue weighted by Crippen LogP contribution is 2.14. The fraction of sp³-hybridized carbons (Fsp3) is 0.250. The summed E-state index contributed by atoms with van der Waals surface area (Å²) in [6.07, 6.45) is 1.66. The first-order valence-corrected chi connectivity index (χ1v) is 4.34. The Balaban J connectivity index is 2.85. The van der Waals surface area contributed by atoms with Crippen molar-refractivity contribution in [1.29, 1.82) is 5.26 Å². The van der Waals surface area contributed by atoms with Crippen LogP contribution in [-0.4, -0.2) is 10.7 Å². The van der Waals surface area contributed by atoms with Gasteiger partial charge in [0.2, 0.25) is 0 Å². The quantitative estimate of drug-likeness (QED) is 0.628. The zero-order valence-electron chi connectivity index (χ0n) is 6.24. The molecule has 1 rings (SSSR count). The van der Waals surface area contributed by atoms with Gasteiger partial charge in [0.15, 0.2) is 0 Å². The first kappa shape index (κ1) is 8.09. The van der Waals surface area contributed by atoms with Gasteiger partial charge in [0.1, 0.15) is 0 Å². The molecule has 3 heteroatoms. The molecule has 1 aromatic rings. The van der Waals surface area contributed by atoms with E-state index in [4.69, 9.17) is 5.26 Å². The molecule has 0 fully saturated rings. The third-order valence-corrected chi connectivity index (χ3v) is 1.96. The van der Waals surface area contributed by atoms with Gasteiger partial charge in [0.05, 0.1) is 16.7 Å². The van der Waals surface area contributed by atoms with E-state index in [1.165, 1.54) is 0 Å². The average molecular weight is 164 g/mol. The van der Waals surface area contributed by atoms with E-state index >= 15 is 0 Å². The lowest BCUT2D eigenvalue weighted by Gasteiger charge is -1.95. The lowest BCUT2D eigenvalue weighted by molar-refractivity contribution is 1.12. The number of pyridine rings is 1. The van der Waals surface area contributed by atoms with Gasteiger partial charge in [-0.3, -0.25) is 0 Å². The van der Waals surface area contributed by atoms with Crippen LogP contribution in [0.3, 0.4) is 0 Å². The fourth-order valence-electron chi connectivity index (χ4n) is 0.706. The van der Waals surface area contributed by atoms with Crippen molar-refractivity contribution in [2.24, 2.45) is 0 Å². The van der Waals surface area contributed by atoms with Crippen LogP contribution in [0.15, 0.2) is 23.4 Å². The molecule has 0 radical (unpaired) electrons. The molecule has 0 unspecified atom stereocenters. The second-order valence-electron chi connectivity index (χ2n) is 1.93. The molecule has 1 heterocycles. The topological polar surface area (TPSA) is 36.7 Å². The molecule has 0 aliphatic heterocycles. The summed E-state index contributed by atoms with van der Waals surface area (Å²) >= 11 is 1.64. The van der Waals surface area contributed by atoms with Gasteiger partial charge in [-0.1, -0.05) is 6.92 Å². The Hall–Kier alpha value is -1.01. The Kier molecular flexibility index (Phi) is 2.94. The van der Waals surface area contributed by atoms with Crippen LogP contribution in [-0.2, 0) is 0 Å².